The molecule has 4 nitrogen and oxygen atoms in total. The molecule has 0 spiro atoms. The Balaban J connectivity index is 1.39. The van der Waals surface area contributed by atoms with Crippen LogP contribution in [0.5, 0.6) is 0 Å². The topological polar surface area (TPSA) is 36.9 Å². The zero-order valence-electron chi connectivity index (χ0n) is 33.5. The third-order valence-electron chi connectivity index (χ3n) is 10.6. The molecule has 0 aliphatic rings. The Morgan fingerprint density at radius 1 is 0.358 bits per heavy atom. The molecule has 8 radical (unpaired) electrons. The third kappa shape index (κ3) is 14.1. The summed E-state index contributed by atoms with van der Waals surface area (Å²) in [4.78, 5) is 0. The number of rotatable bonds is 24. The molecule has 0 amide bonds. The Kier molecular flexibility index (Phi) is 18.9. The molecule has 0 aliphatic heterocycles. The quantitative estimate of drug-likeness (QED) is 0.0523. The number of benzene rings is 4. The van der Waals surface area contributed by atoms with E-state index in [1.54, 1.807) is 0 Å². The molecule has 0 saturated carbocycles. The molecule has 0 atom stereocenters. The first-order chi connectivity index (χ1) is 25.6. The second-order valence-corrected chi connectivity index (χ2v) is 21.8. The maximum absolute atomic E-state index is 6.74. The van der Waals surface area contributed by atoms with Gasteiger partial charge in [0, 0.05) is 0 Å². The van der Waals surface area contributed by atoms with Gasteiger partial charge >= 0.3 is 9.05 Å². The van der Waals surface area contributed by atoms with Gasteiger partial charge in [0.25, 0.3) is 0 Å². The van der Waals surface area contributed by atoms with Crippen molar-refractivity contribution in [2.75, 3.05) is 0 Å². The predicted octanol–water partition coefficient (Wildman–Crippen LogP) is 10.6. The molecule has 0 fully saturated rings. The Bertz CT molecular complexity index is 1460. The average Bonchev–Trinajstić information content (AvgIpc) is 3.14. The molecule has 9 heteroatoms. The second kappa shape index (κ2) is 23.0. The van der Waals surface area contributed by atoms with Crippen LogP contribution in [-0.4, -0.2) is 48.1 Å². The highest BCUT2D eigenvalue weighted by atomic mass is 28.5. The van der Waals surface area contributed by atoms with Gasteiger partial charge in [-0.2, -0.15) is 0 Å². The van der Waals surface area contributed by atoms with Crippen molar-refractivity contribution in [1.29, 1.82) is 0 Å². The maximum atomic E-state index is 6.74. The molecule has 0 unspecified atom stereocenters. The van der Waals surface area contributed by atoms with E-state index < -0.39 is 9.05 Å². The van der Waals surface area contributed by atoms with Crippen molar-refractivity contribution in [3.05, 3.63) is 140 Å². The van der Waals surface area contributed by atoms with Gasteiger partial charge in [-0.15, -0.1) is 0 Å². The SMILES string of the molecule is Cc1cccc(CCC[Si]O[Si](O[Si]CCCc2cccc(C)c2C)(O[Si]CCCc2cccc(C)c2C)O[Si]CCCc2cccc(C)c2C)c1C. The first-order valence-electron chi connectivity index (χ1n) is 19.4. The highest BCUT2D eigenvalue weighted by Gasteiger charge is 2.44. The van der Waals surface area contributed by atoms with E-state index in [-0.39, 0.29) is 39.1 Å². The summed E-state index contributed by atoms with van der Waals surface area (Å²) in [6.07, 6.45) is 8.51. The lowest BCUT2D eigenvalue weighted by molar-refractivity contribution is 0.174. The van der Waals surface area contributed by atoms with E-state index in [0.29, 0.717) is 0 Å². The van der Waals surface area contributed by atoms with Crippen molar-refractivity contribution in [3.63, 3.8) is 0 Å². The first-order valence-corrected chi connectivity index (χ1v) is 25.5. The molecule has 0 aromatic heterocycles. The van der Waals surface area contributed by atoms with Gasteiger partial charge in [0.1, 0.15) is 0 Å². The van der Waals surface area contributed by atoms with Gasteiger partial charge in [0.05, 0.1) is 0 Å². The van der Waals surface area contributed by atoms with Gasteiger partial charge in [-0.25, -0.2) is 0 Å². The van der Waals surface area contributed by atoms with Crippen LogP contribution in [0.1, 0.15) is 92.4 Å². The van der Waals surface area contributed by atoms with Crippen LogP contribution in [0, 0.1) is 55.4 Å². The fourth-order valence-electron chi connectivity index (χ4n) is 6.42. The molecule has 4 rings (SSSR count). The van der Waals surface area contributed by atoms with E-state index >= 15 is 0 Å². The summed E-state index contributed by atoms with van der Waals surface area (Å²) in [6.45, 7) is 17.7. The van der Waals surface area contributed by atoms with E-state index in [0.717, 1.165) is 75.5 Å². The molecular formula is C44H60O4Si5. The molecule has 280 valence electrons. The Labute approximate surface area is 333 Å². The standard InChI is InChI=1S/C44H60O4Si5/c1-33-17-9-21-41(37(33)5)25-13-29-49-45-53(46-50-30-14-26-42-22-10-18-34(2)38(42)6,47-51-31-15-27-43-23-11-19-35(3)39(43)7)48-52-32-16-28-44-24-12-20-36(4)40(44)8/h9-12,17-24H,13-16,25-32H2,1-8H3. The lowest BCUT2D eigenvalue weighted by Crippen LogP contribution is -2.52. The molecule has 0 saturated heterocycles. The van der Waals surface area contributed by atoms with E-state index in [2.05, 4.69) is 128 Å². The molecule has 53 heavy (non-hydrogen) atoms. The van der Waals surface area contributed by atoms with Crippen LogP contribution >= 0.6 is 0 Å². The second-order valence-electron chi connectivity index (χ2n) is 14.3. The van der Waals surface area contributed by atoms with Crippen LogP contribution in [0.15, 0.2) is 72.8 Å². The summed E-state index contributed by atoms with van der Waals surface area (Å²) < 4.78 is 27.0. The Morgan fingerprint density at radius 2 is 0.585 bits per heavy atom. The lowest BCUT2D eigenvalue weighted by atomic mass is 10.0. The zero-order valence-corrected chi connectivity index (χ0v) is 38.5. The minimum atomic E-state index is -3.34. The van der Waals surface area contributed by atoms with Crippen LogP contribution in [0.3, 0.4) is 0 Å². The fraction of sp³-hybridized carbons (Fsp3) is 0.455. The summed E-state index contributed by atoms with van der Waals surface area (Å²) in [5, 5.41) is 0. The van der Waals surface area contributed by atoms with Crippen molar-refractivity contribution in [2.24, 2.45) is 0 Å². The minimum absolute atomic E-state index is 0.289. The lowest BCUT2D eigenvalue weighted by Gasteiger charge is -2.29. The minimum Gasteiger partial charge on any atom is -0.395 e. The largest absolute Gasteiger partial charge is 0.636 e. The van der Waals surface area contributed by atoms with Gasteiger partial charge in [-0.3, -0.25) is 0 Å². The number of hydrogen-bond donors (Lipinski definition) is 0. The molecule has 0 aliphatic carbocycles. The third-order valence-corrected chi connectivity index (χ3v) is 19.1. The molecule has 0 N–H and O–H groups in total. The highest BCUT2D eigenvalue weighted by Crippen LogP contribution is 2.21. The predicted molar refractivity (Wildman–Crippen MR) is 229 cm³/mol. The summed E-state index contributed by atoms with van der Waals surface area (Å²) in [5.74, 6) is 0. The number of hydrogen-bond acceptors (Lipinski definition) is 4. The monoisotopic (exact) mass is 792 g/mol. The van der Waals surface area contributed by atoms with E-state index in [4.69, 9.17) is 16.5 Å². The molecular weight excluding hydrogens is 733 g/mol. The van der Waals surface area contributed by atoms with Crippen LogP contribution in [0.4, 0.5) is 0 Å². The molecule has 4 aromatic rings. The summed E-state index contributed by atoms with van der Waals surface area (Å²) in [6, 6.07) is 30.4. The average molecular weight is 793 g/mol. The van der Waals surface area contributed by atoms with Gasteiger partial charge in [-0.05, 0) is 198 Å². The van der Waals surface area contributed by atoms with Gasteiger partial charge in [-0.1, -0.05) is 72.8 Å². The van der Waals surface area contributed by atoms with Gasteiger partial charge < -0.3 is 16.5 Å². The van der Waals surface area contributed by atoms with Crippen LogP contribution < -0.4 is 0 Å². The van der Waals surface area contributed by atoms with E-state index in [9.17, 15) is 0 Å². The van der Waals surface area contributed by atoms with Crippen LogP contribution in [0.25, 0.3) is 0 Å². The van der Waals surface area contributed by atoms with Gasteiger partial charge in [0.15, 0.2) is 0 Å². The van der Waals surface area contributed by atoms with Crippen LogP contribution in [0.2, 0.25) is 24.2 Å². The molecule has 0 bridgehead atoms. The zero-order chi connectivity index (χ0) is 38.1. The number of aryl methyl sites for hydroxylation is 8. The van der Waals surface area contributed by atoms with E-state index in [1.807, 2.05) is 0 Å². The van der Waals surface area contributed by atoms with Gasteiger partial charge in [0.2, 0.25) is 39.1 Å². The van der Waals surface area contributed by atoms with Crippen molar-refractivity contribution >= 4 is 48.1 Å². The van der Waals surface area contributed by atoms with Crippen LogP contribution in [-0.2, 0) is 42.1 Å². The Hall–Kier alpha value is -2.20. The fourth-order valence-corrected chi connectivity index (χ4v) is 15.4. The maximum Gasteiger partial charge on any atom is 0.636 e. The van der Waals surface area contributed by atoms with E-state index in [1.165, 1.54) is 66.8 Å². The Morgan fingerprint density at radius 3 is 0.811 bits per heavy atom. The first kappa shape index (κ1) is 43.5. The normalized spacial score (nSPS) is 11.8. The van der Waals surface area contributed by atoms with Crippen molar-refractivity contribution in [3.8, 4) is 0 Å². The summed E-state index contributed by atoms with van der Waals surface area (Å²) >= 11 is 0. The summed E-state index contributed by atoms with van der Waals surface area (Å²) in [7, 11) is -2.19. The molecule has 4 aromatic carbocycles. The van der Waals surface area contributed by atoms with Crippen molar-refractivity contribution in [1.82, 2.24) is 0 Å². The van der Waals surface area contributed by atoms with Crippen molar-refractivity contribution in [2.45, 2.75) is 131 Å². The highest BCUT2D eigenvalue weighted by molar-refractivity contribution is 6.72. The molecule has 0 heterocycles. The smallest absolute Gasteiger partial charge is 0.395 e. The summed E-state index contributed by atoms with van der Waals surface area (Å²) in [5.41, 5.74) is 16.8. The van der Waals surface area contributed by atoms with Crippen molar-refractivity contribution < 1.29 is 16.5 Å².